The van der Waals surface area contributed by atoms with E-state index in [-0.39, 0.29) is 17.7 Å². The molecule has 0 bridgehead atoms. The summed E-state index contributed by atoms with van der Waals surface area (Å²) in [5, 5.41) is 3.44. The number of anilines is 2. The first kappa shape index (κ1) is 16.8. The Kier molecular flexibility index (Phi) is 4.12. The van der Waals surface area contributed by atoms with Crippen LogP contribution in [0.1, 0.15) is 20.8 Å². The highest BCUT2D eigenvalue weighted by molar-refractivity contribution is 5.94. The van der Waals surface area contributed by atoms with Crippen LogP contribution in [0.2, 0.25) is 0 Å². The number of nitrogens with one attached hydrogen (secondary N) is 1. The van der Waals surface area contributed by atoms with Crippen LogP contribution >= 0.6 is 0 Å². The first-order valence-electron chi connectivity index (χ1n) is 7.88. The minimum absolute atomic E-state index is 0.162. The summed E-state index contributed by atoms with van der Waals surface area (Å²) in [6.45, 7) is 5.45. The third kappa shape index (κ3) is 3.57. The molecule has 1 heterocycles. The topological polar surface area (TPSA) is 80.9 Å². The molecule has 128 valence electrons. The lowest BCUT2D eigenvalue weighted by atomic mass is 9.96. The second kappa shape index (κ2) is 6.12. The summed E-state index contributed by atoms with van der Waals surface area (Å²) in [6, 6.07) is 9.78. The Morgan fingerprint density at radius 2 is 1.92 bits per heavy atom. The monoisotopic (exact) mass is 338 g/mol. The van der Waals surface area contributed by atoms with Gasteiger partial charge in [0.15, 0.2) is 0 Å². The summed E-state index contributed by atoms with van der Waals surface area (Å²) in [5.74, 6) is -0.260. The van der Waals surface area contributed by atoms with E-state index in [0.29, 0.717) is 22.3 Å². The molecule has 0 aliphatic rings. The number of hydrogen-bond acceptors (Lipinski definition) is 4. The van der Waals surface area contributed by atoms with E-state index in [1.54, 1.807) is 30.5 Å². The number of rotatable bonds is 2. The molecule has 6 heteroatoms. The molecule has 5 nitrogen and oxygen atoms in total. The standard InChI is InChI=1S/C19H19FN4O/c1-19(2,3)17(25)24-18-22-10-12-8-11(4-7-16(12)23-18)14-9-13(21)5-6-15(14)20/h4-10H,21H2,1-3H3,(H,22,23,24,25). The molecule has 1 amide bonds. The first-order valence-corrected chi connectivity index (χ1v) is 7.88. The molecule has 0 fully saturated rings. The maximum absolute atomic E-state index is 14.0. The number of nitrogen functional groups attached to an aromatic ring is 1. The van der Waals surface area contributed by atoms with Crippen LogP contribution in [0.5, 0.6) is 0 Å². The fourth-order valence-electron chi connectivity index (χ4n) is 2.31. The summed E-state index contributed by atoms with van der Waals surface area (Å²) in [4.78, 5) is 20.5. The van der Waals surface area contributed by atoms with Gasteiger partial charge in [0.2, 0.25) is 11.9 Å². The predicted octanol–water partition coefficient (Wildman–Crippen LogP) is 4.00. The number of carbonyl (C=O) groups is 1. The third-order valence-corrected chi connectivity index (χ3v) is 3.79. The molecule has 0 unspecified atom stereocenters. The van der Waals surface area contributed by atoms with Gasteiger partial charge in [0.25, 0.3) is 0 Å². The van der Waals surface area contributed by atoms with E-state index in [0.717, 1.165) is 5.39 Å². The normalized spacial score (nSPS) is 11.5. The van der Waals surface area contributed by atoms with E-state index in [4.69, 9.17) is 5.73 Å². The molecule has 3 rings (SSSR count). The largest absolute Gasteiger partial charge is 0.399 e. The number of benzene rings is 2. The highest BCUT2D eigenvalue weighted by atomic mass is 19.1. The van der Waals surface area contributed by atoms with Crippen LogP contribution in [-0.2, 0) is 4.79 Å². The number of fused-ring (bicyclic) bond motifs is 1. The van der Waals surface area contributed by atoms with Gasteiger partial charge >= 0.3 is 0 Å². The fourth-order valence-corrected chi connectivity index (χ4v) is 2.31. The highest BCUT2D eigenvalue weighted by Crippen LogP contribution is 2.28. The zero-order valence-electron chi connectivity index (χ0n) is 14.3. The van der Waals surface area contributed by atoms with Crippen molar-refractivity contribution in [1.29, 1.82) is 0 Å². The lowest BCUT2D eigenvalue weighted by Gasteiger charge is -2.16. The van der Waals surface area contributed by atoms with Crippen LogP contribution in [0.15, 0.2) is 42.6 Å². The number of aromatic nitrogens is 2. The average Bonchev–Trinajstić information content (AvgIpc) is 2.55. The van der Waals surface area contributed by atoms with Gasteiger partial charge in [-0.1, -0.05) is 26.8 Å². The Hall–Kier alpha value is -3.02. The van der Waals surface area contributed by atoms with Crippen molar-refractivity contribution >= 4 is 28.4 Å². The molecule has 0 saturated carbocycles. The van der Waals surface area contributed by atoms with Gasteiger partial charge in [0.1, 0.15) is 5.82 Å². The van der Waals surface area contributed by atoms with Crippen molar-refractivity contribution in [1.82, 2.24) is 9.97 Å². The number of nitrogens with zero attached hydrogens (tertiary/aromatic N) is 2. The number of hydrogen-bond donors (Lipinski definition) is 2. The second-order valence-corrected chi connectivity index (χ2v) is 6.91. The zero-order valence-corrected chi connectivity index (χ0v) is 14.3. The highest BCUT2D eigenvalue weighted by Gasteiger charge is 2.22. The Balaban J connectivity index is 1.96. The SMILES string of the molecule is CC(C)(C)C(=O)Nc1ncc2cc(-c3cc(N)ccc3F)ccc2n1. The van der Waals surface area contributed by atoms with Crippen LogP contribution in [0.3, 0.4) is 0 Å². The summed E-state index contributed by atoms with van der Waals surface area (Å²) < 4.78 is 14.0. The van der Waals surface area contributed by atoms with E-state index in [1.165, 1.54) is 12.1 Å². The number of halogens is 1. The van der Waals surface area contributed by atoms with Crippen molar-refractivity contribution in [3.8, 4) is 11.1 Å². The van der Waals surface area contributed by atoms with Gasteiger partial charge in [0, 0.05) is 28.2 Å². The average molecular weight is 338 g/mol. The molecule has 3 N–H and O–H groups in total. The van der Waals surface area contributed by atoms with Gasteiger partial charge < -0.3 is 5.73 Å². The Morgan fingerprint density at radius 1 is 1.16 bits per heavy atom. The van der Waals surface area contributed by atoms with E-state index in [9.17, 15) is 9.18 Å². The van der Waals surface area contributed by atoms with Crippen LogP contribution in [-0.4, -0.2) is 15.9 Å². The second-order valence-electron chi connectivity index (χ2n) is 6.91. The van der Waals surface area contributed by atoms with E-state index in [2.05, 4.69) is 15.3 Å². The van der Waals surface area contributed by atoms with Crippen LogP contribution in [0.4, 0.5) is 16.0 Å². The lowest BCUT2D eigenvalue weighted by molar-refractivity contribution is -0.123. The molecule has 1 aromatic heterocycles. The van der Waals surface area contributed by atoms with Crippen molar-refractivity contribution in [2.75, 3.05) is 11.1 Å². The molecule has 0 saturated heterocycles. The molecule has 0 atom stereocenters. The van der Waals surface area contributed by atoms with Crippen LogP contribution in [0, 0.1) is 11.2 Å². The fraction of sp³-hybridized carbons (Fsp3) is 0.211. The predicted molar refractivity (Wildman–Crippen MR) is 97.4 cm³/mol. The molecule has 0 aliphatic heterocycles. The first-order chi connectivity index (χ1) is 11.7. The molecule has 0 spiro atoms. The maximum Gasteiger partial charge on any atom is 0.232 e. The Labute approximate surface area is 145 Å². The lowest BCUT2D eigenvalue weighted by Crippen LogP contribution is -2.28. The van der Waals surface area contributed by atoms with Crippen LogP contribution < -0.4 is 11.1 Å². The third-order valence-electron chi connectivity index (χ3n) is 3.79. The van der Waals surface area contributed by atoms with Gasteiger partial charge in [0.05, 0.1) is 5.52 Å². The van der Waals surface area contributed by atoms with E-state index < -0.39 is 5.41 Å². The number of nitrogens with two attached hydrogens (primary N) is 1. The van der Waals surface area contributed by atoms with Crippen molar-refractivity contribution in [3.05, 3.63) is 48.4 Å². The van der Waals surface area contributed by atoms with E-state index in [1.807, 2.05) is 20.8 Å². The van der Waals surface area contributed by atoms with Crippen LogP contribution in [0.25, 0.3) is 22.0 Å². The van der Waals surface area contributed by atoms with Crippen molar-refractivity contribution in [3.63, 3.8) is 0 Å². The van der Waals surface area contributed by atoms with Crippen molar-refractivity contribution in [2.45, 2.75) is 20.8 Å². The summed E-state index contributed by atoms with van der Waals surface area (Å²) >= 11 is 0. The number of carbonyl (C=O) groups excluding carboxylic acids is 1. The molecule has 2 aromatic carbocycles. The number of amides is 1. The molecule has 3 aromatic rings. The minimum atomic E-state index is -0.535. The molecular formula is C19H19FN4O. The van der Waals surface area contributed by atoms with E-state index >= 15 is 0 Å². The smallest absolute Gasteiger partial charge is 0.232 e. The van der Waals surface area contributed by atoms with Gasteiger partial charge in [-0.25, -0.2) is 14.4 Å². The Bertz CT molecular complexity index is 963. The van der Waals surface area contributed by atoms with Gasteiger partial charge in [-0.3, -0.25) is 10.1 Å². The molecule has 0 aliphatic carbocycles. The van der Waals surface area contributed by atoms with Crippen molar-refractivity contribution in [2.24, 2.45) is 5.41 Å². The molecule has 25 heavy (non-hydrogen) atoms. The summed E-state index contributed by atoms with van der Waals surface area (Å²) in [6.07, 6.45) is 1.61. The maximum atomic E-state index is 14.0. The van der Waals surface area contributed by atoms with Gasteiger partial charge in [-0.05, 0) is 35.9 Å². The quantitative estimate of drug-likeness (QED) is 0.692. The van der Waals surface area contributed by atoms with Crippen molar-refractivity contribution < 1.29 is 9.18 Å². The van der Waals surface area contributed by atoms with Gasteiger partial charge in [-0.2, -0.15) is 0 Å². The minimum Gasteiger partial charge on any atom is -0.399 e. The summed E-state index contributed by atoms with van der Waals surface area (Å²) in [7, 11) is 0. The Morgan fingerprint density at radius 3 is 2.64 bits per heavy atom. The zero-order chi connectivity index (χ0) is 18.2. The molecule has 0 radical (unpaired) electrons. The molecular weight excluding hydrogens is 319 g/mol. The summed E-state index contributed by atoms with van der Waals surface area (Å²) in [5.41, 5.74) is 7.48. The van der Waals surface area contributed by atoms with Gasteiger partial charge in [-0.15, -0.1) is 0 Å².